The van der Waals surface area contributed by atoms with Gasteiger partial charge < -0.3 is 10.4 Å². The highest BCUT2D eigenvalue weighted by Crippen LogP contribution is 2.34. The topological polar surface area (TPSA) is 66.4 Å². The molecule has 0 heterocycles. The third-order valence-corrected chi connectivity index (χ3v) is 3.02. The summed E-state index contributed by atoms with van der Waals surface area (Å²) in [5, 5.41) is 11.0. The van der Waals surface area contributed by atoms with Crippen molar-refractivity contribution >= 4 is 17.6 Å². The lowest BCUT2D eigenvalue weighted by Gasteiger charge is -2.17. The molecule has 1 rings (SSSR count). The number of nitrogens with one attached hydrogen (secondary N) is 1. The first kappa shape index (κ1) is 17.0. The number of carboxylic acid groups (broad SMARTS) is 1. The van der Waals surface area contributed by atoms with Gasteiger partial charge in [-0.1, -0.05) is 19.9 Å². The molecule has 1 unspecified atom stereocenters. The van der Waals surface area contributed by atoms with Crippen molar-refractivity contribution in [3.05, 3.63) is 29.3 Å². The Morgan fingerprint density at radius 3 is 2.19 bits per heavy atom. The maximum atomic E-state index is 12.7. The van der Waals surface area contributed by atoms with Crippen molar-refractivity contribution in [3.63, 3.8) is 0 Å². The monoisotopic (exact) mass is 303 g/mol. The Balaban J connectivity index is 3.19. The molecule has 1 amide bonds. The molecule has 0 aliphatic carbocycles. The molecule has 0 aliphatic heterocycles. The molecule has 0 saturated heterocycles. The highest BCUT2D eigenvalue weighted by atomic mass is 19.4. The molecule has 0 radical (unpaired) electrons. The maximum Gasteiger partial charge on any atom is 0.416 e. The quantitative estimate of drug-likeness (QED) is 0.837. The lowest BCUT2D eigenvalue weighted by molar-refractivity contribution is -0.144. The number of halogens is 3. The van der Waals surface area contributed by atoms with E-state index in [4.69, 9.17) is 5.11 Å². The van der Waals surface area contributed by atoms with Crippen LogP contribution in [0.25, 0.3) is 0 Å². The highest BCUT2D eigenvalue weighted by molar-refractivity contribution is 6.04. The second kappa shape index (κ2) is 6.15. The van der Waals surface area contributed by atoms with E-state index in [1.807, 2.05) is 0 Å². The third-order valence-electron chi connectivity index (χ3n) is 3.02. The number of aliphatic carboxylic acids is 1. The number of alkyl halides is 3. The van der Waals surface area contributed by atoms with Gasteiger partial charge in [0.25, 0.3) is 0 Å². The van der Waals surface area contributed by atoms with Crippen LogP contribution < -0.4 is 5.32 Å². The zero-order chi connectivity index (χ0) is 16.4. The van der Waals surface area contributed by atoms with Crippen molar-refractivity contribution in [1.29, 1.82) is 0 Å². The van der Waals surface area contributed by atoms with Gasteiger partial charge in [0.2, 0.25) is 5.91 Å². The minimum atomic E-state index is -4.53. The van der Waals surface area contributed by atoms with E-state index >= 15 is 0 Å². The number of hydrogen-bond acceptors (Lipinski definition) is 2. The van der Waals surface area contributed by atoms with Crippen LogP contribution in [0.5, 0.6) is 0 Å². The number of hydrogen-bond donors (Lipinski definition) is 2. The van der Waals surface area contributed by atoms with Crippen molar-refractivity contribution in [3.8, 4) is 0 Å². The van der Waals surface area contributed by atoms with Gasteiger partial charge in [-0.05, 0) is 30.5 Å². The summed E-state index contributed by atoms with van der Waals surface area (Å²) in [6, 6.07) is 3.04. The number of anilines is 1. The van der Waals surface area contributed by atoms with E-state index in [1.165, 1.54) is 13.0 Å². The normalized spacial score (nSPS) is 13.1. The predicted molar refractivity (Wildman–Crippen MR) is 71.0 cm³/mol. The average molecular weight is 303 g/mol. The van der Waals surface area contributed by atoms with E-state index in [0.29, 0.717) is 5.56 Å². The fourth-order valence-corrected chi connectivity index (χ4v) is 1.70. The molecule has 2 N–H and O–H groups in total. The molecule has 7 heteroatoms. The molecule has 0 bridgehead atoms. The van der Waals surface area contributed by atoms with Crippen LogP contribution in [0.4, 0.5) is 18.9 Å². The fraction of sp³-hybridized carbons (Fsp3) is 0.429. The molecule has 1 aromatic rings. The Hall–Kier alpha value is -2.05. The summed E-state index contributed by atoms with van der Waals surface area (Å²) in [7, 11) is 0. The molecule has 0 spiro atoms. The van der Waals surface area contributed by atoms with Crippen molar-refractivity contribution in [1.82, 2.24) is 0 Å². The van der Waals surface area contributed by atoms with Gasteiger partial charge in [-0.3, -0.25) is 9.59 Å². The van der Waals surface area contributed by atoms with E-state index in [-0.39, 0.29) is 11.6 Å². The number of carbonyl (C=O) groups is 2. The molecular formula is C14H16F3NO3. The standard InChI is InChI=1S/C14H16F3NO3/c1-7(2)10-5-4-9(14(15,16)17)6-11(10)18-12(19)8(3)13(20)21/h4-8H,1-3H3,(H,18,19)(H,20,21). The Morgan fingerprint density at radius 2 is 1.76 bits per heavy atom. The Kier molecular flexibility index (Phi) is 4.98. The first-order valence-electron chi connectivity index (χ1n) is 6.28. The molecule has 0 aliphatic rings. The van der Waals surface area contributed by atoms with Crippen molar-refractivity contribution in [2.75, 3.05) is 5.32 Å². The summed E-state index contributed by atoms with van der Waals surface area (Å²) in [6.45, 7) is 4.69. The number of rotatable bonds is 4. The molecule has 0 aromatic heterocycles. The summed E-state index contributed by atoms with van der Waals surface area (Å²) in [4.78, 5) is 22.5. The van der Waals surface area contributed by atoms with Crippen LogP contribution in [0, 0.1) is 5.92 Å². The second-order valence-electron chi connectivity index (χ2n) is 5.00. The SMILES string of the molecule is CC(C(=O)O)C(=O)Nc1cc(C(F)(F)F)ccc1C(C)C. The first-order chi connectivity index (χ1) is 9.54. The lowest BCUT2D eigenvalue weighted by atomic mass is 9.98. The number of amides is 1. The van der Waals surface area contributed by atoms with Gasteiger partial charge in [0.1, 0.15) is 5.92 Å². The summed E-state index contributed by atoms with van der Waals surface area (Å²) in [5.74, 6) is -3.67. The van der Waals surface area contributed by atoms with Crippen molar-refractivity contribution in [2.24, 2.45) is 5.92 Å². The Bertz CT molecular complexity index is 553. The van der Waals surface area contributed by atoms with Crippen LogP contribution in [0.3, 0.4) is 0 Å². The maximum absolute atomic E-state index is 12.7. The van der Waals surface area contributed by atoms with Crippen LogP contribution in [0.15, 0.2) is 18.2 Å². The van der Waals surface area contributed by atoms with Crippen LogP contribution in [-0.4, -0.2) is 17.0 Å². The van der Waals surface area contributed by atoms with Gasteiger partial charge in [-0.2, -0.15) is 13.2 Å². The number of carboxylic acids is 1. The summed E-state index contributed by atoms with van der Waals surface area (Å²) >= 11 is 0. The smallest absolute Gasteiger partial charge is 0.416 e. The molecule has 1 aromatic carbocycles. The minimum Gasteiger partial charge on any atom is -0.481 e. The van der Waals surface area contributed by atoms with Gasteiger partial charge in [0.05, 0.1) is 5.56 Å². The second-order valence-corrected chi connectivity index (χ2v) is 5.00. The first-order valence-corrected chi connectivity index (χ1v) is 6.28. The Morgan fingerprint density at radius 1 is 1.19 bits per heavy atom. The molecule has 116 valence electrons. The minimum absolute atomic E-state index is 0.0158. The molecule has 0 fully saturated rings. The largest absolute Gasteiger partial charge is 0.481 e. The van der Waals surface area contributed by atoms with E-state index in [9.17, 15) is 22.8 Å². The third kappa shape index (κ3) is 4.21. The lowest BCUT2D eigenvalue weighted by Crippen LogP contribution is -2.27. The van der Waals surface area contributed by atoms with Gasteiger partial charge in [0, 0.05) is 5.69 Å². The van der Waals surface area contributed by atoms with Gasteiger partial charge >= 0.3 is 12.1 Å². The van der Waals surface area contributed by atoms with Crippen molar-refractivity contribution in [2.45, 2.75) is 32.9 Å². The molecule has 4 nitrogen and oxygen atoms in total. The van der Waals surface area contributed by atoms with Crippen LogP contribution in [-0.2, 0) is 15.8 Å². The summed E-state index contributed by atoms with van der Waals surface area (Å²) < 4.78 is 38.2. The van der Waals surface area contributed by atoms with E-state index in [0.717, 1.165) is 12.1 Å². The van der Waals surface area contributed by atoms with E-state index in [2.05, 4.69) is 5.32 Å². The summed E-state index contributed by atoms with van der Waals surface area (Å²) in [6.07, 6.45) is -4.53. The zero-order valence-electron chi connectivity index (χ0n) is 11.8. The predicted octanol–water partition coefficient (Wildman–Crippen LogP) is 3.49. The number of benzene rings is 1. The zero-order valence-corrected chi connectivity index (χ0v) is 11.8. The molecular weight excluding hydrogens is 287 g/mol. The van der Waals surface area contributed by atoms with Crippen LogP contribution >= 0.6 is 0 Å². The Labute approximate surface area is 120 Å². The molecule has 21 heavy (non-hydrogen) atoms. The van der Waals surface area contributed by atoms with Crippen LogP contribution in [0.1, 0.15) is 37.8 Å². The van der Waals surface area contributed by atoms with E-state index < -0.39 is 29.5 Å². The van der Waals surface area contributed by atoms with Gasteiger partial charge in [0.15, 0.2) is 0 Å². The van der Waals surface area contributed by atoms with Gasteiger partial charge in [-0.15, -0.1) is 0 Å². The molecule has 1 atom stereocenters. The molecule has 0 saturated carbocycles. The number of carbonyl (C=O) groups excluding carboxylic acids is 1. The van der Waals surface area contributed by atoms with E-state index in [1.54, 1.807) is 13.8 Å². The summed E-state index contributed by atoms with van der Waals surface area (Å²) in [5.41, 5.74) is -0.406. The average Bonchev–Trinajstić information content (AvgIpc) is 2.36. The fourth-order valence-electron chi connectivity index (χ4n) is 1.70. The van der Waals surface area contributed by atoms with Crippen molar-refractivity contribution < 1.29 is 27.9 Å². The van der Waals surface area contributed by atoms with Crippen LogP contribution in [0.2, 0.25) is 0 Å². The highest BCUT2D eigenvalue weighted by Gasteiger charge is 2.31. The van der Waals surface area contributed by atoms with Gasteiger partial charge in [-0.25, -0.2) is 0 Å².